The van der Waals surface area contributed by atoms with Crippen molar-refractivity contribution in [3.8, 4) is 11.5 Å². The van der Waals surface area contributed by atoms with Crippen molar-refractivity contribution in [3.05, 3.63) is 53.1 Å². The lowest BCUT2D eigenvalue weighted by molar-refractivity contribution is -0.153. The Labute approximate surface area is 153 Å². The molecular weight excluding hydrogens is 371 g/mol. The number of rotatable bonds is 6. The lowest BCUT2D eigenvalue weighted by Gasteiger charge is -2.10. The summed E-state index contributed by atoms with van der Waals surface area (Å²) in [6.45, 7) is -1.17. The van der Waals surface area contributed by atoms with E-state index >= 15 is 0 Å². The molecule has 0 fully saturated rings. The van der Waals surface area contributed by atoms with E-state index in [1.807, 2.05) is 0 Å². The number of nitrogens with zero attached hydrogens (tertiary/aromatic N) is 1. The molecule has 0 bridgehead atoms. The Morgan fingerprint density at radius 2 is 2.00 bits per heavy atom. The molecule has 0 atom stereocenters. The average Bonchev–Trinajstić information content (AvgIpc) is 2.58. The van der Waals surface area contributed by atoms with Crippen LogP contribution in [0.1, 0.15) is 5.56 Å². The predicted molar refractivity (Wildman–Crippen MR) is 94.9 cm³/mol. The molecule has 2 aromatic rings. The van der Waals surface area contributed by atoms with Crippen molar-refractivity contribution in [1.29, 1.82) is 0 Å². The molecule has 0 aliphatic carbocycles. The molecule has 0 aliphatic heterocycles. The van der Waals surface area contributed by atoms with Crippen LogP contribution in [0.5, 0.6) is 11.5 Å². The van der Waals surface area contributed by atoms with Crippen LogP contribution >= 0.6 is 11.6 Å². The van der Waals surface area contributed by atoms with Crippen LogP contribution in [0, 0.1) is 0 Å². The minimum Gasteiger partial charge on any atom is -0.495 e. The van der Waals surface area contributed by atoms with Gasteiger partial charge in [0.15, 0.2) is 12.6 Å². The zero-order chi connectivity index (χ0) is 19.2. The maximum Gasteiger partial charge on any atom is 0.422 e. The molecule has 0 heterocycles. The fourth-order valence-corrected chi connectivity index (χ4v) is 2.26. The van der Waals surface area contributed by atoms with Crippen LogP contribution in [0.15, 0.2) is 47.5 Å². The van der Waals surface area contributed by atoms with Crippen molar-refractivity contribution in [2.45, 2.75) is 12.7 Å². The van der Waals surface area contributed by atoms with E-state index in [9.17, 15) is 13.2 Å². The number of hydrogen-bond donors (Lipinski definition) is 2. The summed E-state index contributed by atoms with van der Waals surface area (Å²) in [5.41, 5.74) is 7.09. The molecule has 0 saturated heterocycles. The highest BCUT2D eigenvalue weighted by Crippen LogP contribution is 2.27. The molecule has 0 saturated carbocycles. The van der Waals surface area contributed by atoms with Gasteiger partial charge in [-0.1, -0.05) is 23.7 Å². The van der Waals surface area contributed by atoms with Gasteiger partial charge < -0.3 is 20.5 Å². The molecule has 0 amide bonds. The van der Waals surface area contributed by atoms with Gasteiger partial charge in [0, 0.05) is 5.69 Å². The summed E-state index contributed by atoms with van der Waals surface area (Å²) >= 11 is 6.03. The second kappa shape index (κ2) is 8.66. The molecule has 0 aromatic heterocycles. The number of anilines is 1. The Morgan fingerprint density at radius 1 is 1.23 bits per heavy atom. The number of benzene rings is 2. The summed E-state index contributed by atoms with van der Waals surface area (Å²) in [5, 5.41) is 3.29. The standard InChI is InChI=1S/C17H17ClF3N3O2/c1-25-15-6-5-12(8-14(15)18)24-16(22)23-9-11-3-2-4-13(7-11)26-10-17(19,20)21/h2-8H,9-10H2,1H3,(H3,22,23,24). The smallest absolute Gasteiger partial charge is 0.422 e. The van der Waals surface area contributed by atoms with Gasteiger partial charge in [0.1, 0.15) is 11.5 Å². The van der Waals surface area contributed by atoms with Crippen LogP contribution in [-0.4, -0.2) is 25.9 Å². The number of ether oxygens (including phenoxy) is 2. The first-order chi connectivity index (χ1) is 12.3. The minimum atomic E-state index is -4.39. The van der Waals surface area contributed by atoms with Crippen LogP contribution in [0.4, 0.5) is 18.9 Å². The topological polar surface area (TPSA) is 68.9 Å². The summed E-state index contributed by atoms with van der Waals surface area (Å²) in [5.74, 6) is 0.778. The van der Waals surface area contributed by atoms with E-state index in [1.165, 1.54) is 19.2 Å². The second-order valence-corrected chi connectivity index (χ2v) is 5.63. The zero-order valence-corrected chi connectivity index (χ0v) is 14.6. The Bertz CT molecular complexity index is 782. The van der Waals surface area contributed by atoms with Gasteiger partial charge in [-0.25, -0.2) is 4.99 Å². The Morgan fingerprint density at radius 3 is 2.65 bits per heavy atom. The van der Waals surface area contributed by atoms with Crippen LogP contribution < -0.4 is 20.5 Å². The average molecular weight is 388 g/mol. The number of guanidine groups is 1. The number of aliphatic imine (C=N–C) groups is 1. The first-order valence-electron chi connectivity index (χ1n) is 7.46. The Hall–Kier alpha value is -2.61. The number of nitrogens with two attached hydrogens (primary N) is 1. The first-order valence-corrected chi connectivity index (χ1v) is 7.83. The van der Waals surface area contributed by atoms with E-state index in [4.69, 9.17) is 26.8 Å². The molecule has 0 unspecified atom stereocenters. The number of nitrogens with one attached hydrogen (secondary N) is 1. The van der Waals surface area contributed by atoms with Crippen molar-refractivity contribution in [2.75, 3.05) is 19.0 Å². The largest absolute Gasteiger partial charge is 0.495 e. The first kappa shape index (κ1) is 19.7. The molecule has 3 N–H and O–H groups in total. The number of hydrogen-bond acceptors (Lipinski definition) is 3. The molecule has 26 heavy (non-hydrogen) atoms. The van der Waals surface area contributed by atoms with E-state index in [0.29, 0.717) is 22.0 Å². The fourth-order valence-electron chi connectivity index (χ4n) is 2.01. The quantitative estimate of drug-likeness (QED) is 0.575. The van der Waals surface area contributed by atoms with E-state index in [-0.39, 0.29) is 18.3 Å². The third-order valence-electron chi connectivity index (χ3n) is 3.16. The monoisotopic (exact) mass is 387 g/mol. The van der Waals surface area contributed by atoms with Gasteiger partial charge in [0.05, 0.1) is 18.7 Å². The van der Waals surface area contributed by atoms with Gasteiger partial charge in [-0.15, -0.1) is 0 Å². The van der Waals surface area contributed by atoms with Crippen molar-refractivity contribution < 1.29 is 22.6 Å². The highest BCUT2D eigenvalue weighted by molar-refractivity contribution is 6.32. The molecular formula is C17H17ClF3N3O2. The minimum absolute atomic E-state index is 0.114. The highest BCUT2D eigenvalue weighted by Gasteiger charge is 2.28. The zero-order valence-electron chi connectivity index (χ0n) is 13.8. The summed E-state index contributed by atoms with van der Waals surface area (Å²) < 4.78 is 46.3. The Kier molecular flexibility index (Phi) is 6.57. The normalized spacial score (nSPS) is 12.0. The second-order valence-electron chi connectivity index (χ2n) is 5.23. The van der Waals surface area contributed by atoms with Crippen LogP contribution in [0.3, 0.4) is 0 Å². The van der Waals surface area contributed by atoms with E-state index < -0.39 is 12.8 Å². The number of alkyl halides is 3. The third kappa shape index (κ3) is 6.36. The molecule has 2 rings (SSSR count). The number of halogens is 4. The summed E-state index contributed by atoms with van der Waals surface area (Å²) in [6, 6.07) is 11.3. The van der Waals surface area contributed by atoms with E-state index in [1.54, 1.807) is 30.3 Å². The van der Waals surface area contributed by atoms with Crippen LogP contribution in [0.25, 0.3) is 0 Å². The lowest BCUT2D eigenvalue weighted by Crippen LogP contribution is -2.22. The van der Waals surface area contributed by atoms with Crippen molar-refractivity contribution >= 4 is 23.2 Å². The number of methoxy groups -OCH3 is 1. The molecule has 0 radical (unpaired) electrons. The van der Waals surface area contributed by atoms with Gasteiger partial charge in [0.25, 0.3) is 0 Å². The molecule has 140 valence electrons. The van der Waals surface area contributed by atoms with Crippen molar-refractivity contribution in [2.24, 2.45) is 10.7 Å². The maximum absolute atomic E-state index is 12.2. The van der Waals surface area contributed by atoms with Crippen molar-refractivity contribution in [3.63, 3.8) is 0 Å². The predicted octanol–water partition coefficient (Wildman–Crippen LogP) is 4.22. The van der Waals surface area contributed by atoms with Gasteiger partial charge in [-0.2, -0.15) is 13.2 Å². The molecule has 5 nitrogen and oxygen atoms in total. The summed E-state index contributed by atoms with van der Waals surface area (Å²) in [6.07, 6.45) is -4.39. The maximum atomic E-state index is 12.2. The van der Waals surface area contributed by atoms with Gasteiger partial charge in [-0.3, -0.25) is 0 Å². The summed E-state index contributed by atoms with van der Waals surface area (Å²) in [7, 11) is 1.51. The fraction of sp³-hybridized carbons (Fsp3) is 0.235. The van der Waals surface area contributed by atoms with Crippen LogP contribution in [0.2, 0.25) is 5.02 Å². The SMILES string of the molecule is COc1ccc(NC(N)=NCc2cccc(OCC(F)(F)F)c2)cc1Cl. The van der Waals surface area contributed by atoms with Gasteiger partial charge >= 0.3 is 6.18 Å². The van der Waals surface area contributed by atoms with E-state index in [0.717, 1.165) is 0 Å². The van der Waals surface area contributed by atoms with Gasteiger partial charge in [-0.05, 0) is 35.9 Å². The van der Waals surface area contributed by atoms with E-state index in [2.05, 4.69) is 10.3 Å². The summed E-state index contributed by atoms with van der Waals surface area (Å²) in [4.78, 5) is 4.14. The molecule has 0 spiro atoms. The molecule has 0 aliphatic rings. The van der Waals surface area contributed by atoms with Crippen LogP contribution in [-0.2, 0) is 6.54 Å². The van der Waals surface area contributed by atoms with Crippen molar-refractivity contribution in [1.82, 2.24) is 0 Å². The molecule has 9 heteroatoms. The Balaban J connectivity index is 1.97. The molecule has 2 aromatic carbocycles. The van der Waals surface area contributed by atoms with Gasteiger partial charge in [0.2, 0.25) is 0 Å². The lowest BCUT2D eigenvalue weighted by atomic mass is 10.2. The highest BCUT2D eigenvalue weighted by atomic mass is 35.5. The third-order valence-corrected chi connectivity index (χ3v) is 3.45.